The number of nitrogens with zero attached hydrogens (tertiary/aromatic N) is 1. The third-order valence-electron chi connectivity index (χ3n) is 3.81. The van der Waals surface area contributed by atoms with Gasteiger partial charge in [0.1, 0.15) is 0 Å². The Balaban J connectivity index is 0.00000312. The number of carbonyl (C=O) groups is 1. The number of methoxy groups -OCH3 is 1. The highest BCUT2D eigenvalue weighted by Crippen LogP contribution is 2.28. The van der Waals surface area contributed by atoms with Gasteiger partial charge in [0.2, 0.25) is 5.91 Å². The van der Waals surface area contributed by atoms with Gasteiger partial charge in [-0.05, 0) is 11.0 Å². The maximum atomic E-state index is 12.0. The molecule has 138 valence electrons. The SMILES string of the molecule is COC(CN)CC(=O)Nc1nc(-c2ccc(C(C)(C)C)cc2)cs1.Cl. The third-order valence-corrected chi connectivity index (χ3v) is 4.56. The molecule has 7 heteroatoms. The Bertz CT molecular complexity index is 676. The largest absolute Gasteiger partial charge is 0.380 e. The zero-order valence-corrected chi connectivity index (χ0v) is 16.7. The molecule has 0 saturated heterocycles. The van der Waals surface area contributed by atoms with Gasteiger partial charge in [-0.25, -0.2) is 4.98 Å². The zero-order chi connectivity index (χ0) is 17.7. The summed E-state index contributed by atoms with van der Waals surface area (Å²) in [6.07, 6.45) is -0.0447. The molecule has 2 rings (SSSR count). The van der Waals surface area contributed by atoms with Gasteiger partial charge in [-0.2, -0.15) is 0 Å². The smallest absolute Gasteiger partial charge is 0.228 e. The number of rotatable bonds is 6. The Labute approximate surface area is 159 Å². The summed E-state index contributed by atoms with van der Waals surface area (Å²) < 4.78 is 5.12. The van der Waals surface area contributed by atoms with Gasteiger partial charge in [0.25, 0.3) is 0 Å². The molecule has 0 spiro atoms. The average molecular weight is 384 g/mol. The predicted octanol–water partition coefficient (Wildman–Crippen LogP) is 3.83. The van der Waals surface area contributed by atoms with E-state index in [1.54, 1.807) is 7.11 Å². The molecule has 1 aromatic heterocycles. The number of aromatic nitrogens is 1. The summed E-state index contributed by atoms with van der Waals surface area (Å²) in [6, 6.07) is 8.38. The van der Waals surface area contributed by atoms with Gasteiger partial charge >= 0.3 is 0 Å². The molecule has 3 N–H and O–H groups in total. The molecule has 1 unspecified atom stereocenters. The first kappa shape index (κ1) is 21.6. The third kappa shape index (κ3) is 6.08. The number of halogens is 1. The van der Waals surface area contributed by atoms with E-state index >= 15 is 0 Å². The van der Waals surface area contributed by atoms with Crippen molar-refractivity contribution in [1.29, 1.82) is 0 Å². The van der Waals surface area contributed by atoms with Crippen LogP contribution in [0, 0.1) is 0 Å². The summed E-state index contributed by atoms with van der Waals surface area (Å²) in [6.45, 7) is 6.88. The fourth-order valence-corrected chi connectivity index (χ4v) is 2.98. The number of thiazole rings is 1. The first-order valence-electron chi connectivity index (χ1n) is 7.92. The average Bonchev–Trinajstić information content (AvgIpc) is 3.00. The number of amides is 1. The summed E-state index contributed by atoms with van der Waals surface area (Å²) in [5.74, 6) is -0.142. The molecular weight excluding hydrogens is 358 g/mol. The van der Waals surface area contributed by atoms with Crippen molar-refractivity contribution in [2.75, 3.05) is 19.0 Å². The summed E-state index contributed by atoms with van der Waals surface area (Å²) in [7, 11) is 1.55. The lowest BCUT2D eigenvalue weighted by molar-refractivity contribution is -0.118. The van der Waals surface area contributed by atoms with E-state index in [-0.39, 0.29) is 36.3 Å². The number of ether oxygens (including phenoxy) is 1. The molecule has 0 aliphatic rings. The molecule has 2 aromatic rings. The van der Waals surface area contributed by atoms with Crippen LogP contribution in [-0.4, -0.2) is 30.6 Å². The van der Waals surface area contributed by atoms with Crippen LogP contribution in [0.1, 0.15) is 32.8 Å². The van der Waals surface area contributed by atoms with E-state index in [2.05, 4.69) is 55.3 Å². The lowest BCUT2D eigenvalue weighted by Crippen LogP contribution is -2.28. The van der Waals surface area contributed by atoms with E-state index in [0.29, 0.717) is 11.7 Å². The van der Waals surface area contributed by atoms with Gasteiger partial charge in [0, 0.05) is 24.6 Å². The standard InChI is InChI=1S/C18H25N3O2S.ClH/c1-18(2,3)13-7-5-12(6-8-13)15-11-24-17(20-15)21-16(22)9-14(10-19)23-4;/h5-8,11,14H,9-10,19H2,1-4H3,(H,20,21,22);1H. The number of nitrogens with two attached hydrogens (primary N) is 1. The van der Waals surface area contributed by atoms with Crippen molar-refractivity contribution in [2.45, 2.75) is 38.7 Å². The fraction of sp³-hybridized carbons (Fsp3) is 0.444. The van der Waals surface area contributed by atoms with E-state index < -0.39 is 0 Å². The van der Waals surface area contributed by atoms with Crippen LogP contribution in [0.15, 0.2) is 29.6 Å². The quantitative estimate of drug-likeness (QED) is 0.794. The molecule has 1 heterocycles. The summed E-state index contributed by atoms with van der Waals surface area (Å²) >= 11 is 1.41. The molecule has 0 saturated carbocycles. The number of anilines is 1. The maximum absolute atomic E-state index is 12.0. The summed E-state index contributed by atoms with van der Waals surface area (Å²) in [5, 5.41) is 5.33. The van der Waals surface area contributed by atoms with Crippen LogP contribution in [0.25, 0.3) is 11.3 Å². The minimum absolute atomic E-state index is 0. The lowest BCUT2D eigenvalue weighted by atomic mass is 9.86. The van der Waals surface area contributed by atoms with E-state index in [0.717, 1.165) is 11.3 Å². The Morgan fingerprint density at radius 3 is 2.48 bits per heavy atom. The van der Waals surface area contributed by atoms with Crippen LogP contribution in [0.4, 0.5) is 5.13 Å². The first-order valence-corrected chi connectivity index (χ1v) is 8.80. The number of nitrogens with one attached hydrogen (secondary N) is 1. The second-order valence-corrected chi connectivity index (χ2v) is 7.57. The van der Waals surface area contributed by atoms with E-state index in [4.69, 9.17) is 10.5 Å². The van der Waals surface area contributed by atoms with Crippen LogP contribution in [-0.2, 0) is 14.9 Å². The van der Waals surface area contributed by atoms with Crippen LogP contribution in [0.5, 0.6) is 0 Å². The maximum Gasteiger partial charge on any atom is 0.228 e. The van der Waals surface area contributed by atoms with Crippen molar-refractivity contribution < 1.29 is 9.53 Å². The molecule has 1 atom stereocenters. The van der Waals surface area contributed by atoms with Gasteiger partial charge in [-0.1, -0.05) is 45.0 Å². The van der Waals surface area contributed by atoms with E-state index in [9.17, 15) is 4.79 Å². The monoisotopic (exact) mass is 383 g/mol. The Kier molecular flexibility index (Phi) is 8.02. The highest BCUT2D eigenvalue weighted by atomic mass is 35.5. The molecule has 1 aromatic carbocycles. The molecule has 0 bridgehead atoms. The molecule has 0 radical (unpaired) electrons. The van der Waals surface area contributed by atoms with Crippen molar-refractivity contribution in [3.8, 4) is 11.3 Å². The minimum atomic E-state index is -0.269. The van der Waals surface area contributed by atoms with E-state index in [1.165, 1.54) is 16.9 Å². The van der Waals surface area contributed by atoms with Gasteiger partial charge in [-0.3, -0.25) is 4.79 Å². The number of hydrogen-bond donors (Lipinski definition) is 2. The molecule has 0 aliphatic heterocycles. The molecule has 0 aliphatic carbocycles. The Hall–Kier alpha value is -1.47. The fourth-order valence-electron chi connectivity index (χ4n) is 2.24. The van der Waals surface area contributed by atoms with Crippen molar-refractivity contribution >= 4 is 34.8 Å². The van der Waals surface area contributed by atoms with Gasteiger partial charge in [0.15, 0.2) is 5.13 Å². The lowest BCUT2D eigenvalue weighted by Gasteiger charge is -2.18. The Morgan fingerprint density at radius 1 is 1.32 bits per heavy atom. The molecular formula is C18H26ClN3O2S. The zero-order valence-electron chi connectivity index (χ0n) is 15.0. The summed E-state index contributed by atoms with van der Waals surface area (Å²) in [4.78, 5) is 16.4. The van der Waals surface area contributed by atoms with Crippen LogP contribution < -0.4 is 11.1 Å². The van der Waals surface area contributed by atoms with Gasteiger partial charge < -0.3 is 15.8 Å². The second kappa shape index (κ2) is 9.29. The van der Waals surface area contributed by atoms with Crippen LogP contribution >= 0.6 is 23.7 Å². The Morgan fingerprint density at radius 2 is 1.96 bits per heavy atom. The molecule has 25 heavy (non-hydrogen) atoms. The summed E-state index contributed by atoms with van der Waals surface area (Å²) in [5.41, 5.74) is 8.83. The highest BCUT2D eigenvalue weighted by Gasteiger charge is 2.15. The first-order chi connectivity index (χ1) is 11.3. The van der Waals surface area contributed by atoms with Crippen LogP contribution in [0.3, 0.4) is 0 Å². The van der Waals surface area contributed by atoms with Crippen molar-refractivity contribution in [2.24, 2.45) is 5.73 Å². The molecule has 1 amide bonds. The van der Waals surface area contributed by atoms with Crippen LogP contribution in [0.2, 0.25) is 0 Å². The number of benzene rings is 1. The highest BCUT2D eigenvalue weighted by molar-refractivity contribution is 7.14. The van der Waals surface area contributed by atoms with E-state index in [1.807, 2.05) is 5.38 Å². The number of hydrogen-bond acceptors (Lipinski definition) is 5. The van der Waals surface area contributed by atoms with Crippen molar-refractivity contribution in [3.63, 3.8) is 0 Å². The van der Waals surface area contributed by atoms with Crippen molar-refractivity contribution in [1.82, 2.24) is 4.98 Å². The minimum Gasteiger partial charge on any atom is -0.380 e. The number of carbonyl (C=O) groups excluding carboxylic acids is 1. The van der Waals surface area contributed by atoms with Crippen molar-refractivity contribution in [3.05, 3.63) is 35.2 Å². The second-order valence-electron chi connectivity index (χ2n) is 6.71. The topological polar surface area (TPSA) is 77.2 Å². The predicted molar refractivity (Wildman–Crippen MR) is 107 cm³/mol. The van der Waals surface area contributed by atoms with Gasteiger partial charge in [0.05, 0.1) is 18.2 Å². The normalized spacial score (nSPS) is 12.4. The van der Waals surface area contributed by atoms with Gasteiger partial charge in [-0.15, -0.1) is 23.7 Å². The molecule has 0 fully saturated rings. The molecule has 5 nitrogen and oxygen atoms in total.